The Hall–Kier alpha value is -3.67. The predicted octanol–water partition coefficient (Wildman–Crippen LogP) is 4.97. The van der Waals surface area contributed by atoms with E-state index in [0.717, 1.165) is 12.1 Å². The van der Waals surface area contributed by atoms with Crippen LogP contribution in [0.25, 0.3) is 11.3 Å². The molecule has 12 heteroatoms. The van der Waals surface area contributed by atoms with Gasteiger partial charge < -0.3 is 10.0 Å². The van der Waals surface area contributed by atoms with Crippen molar-refractivity contribution >= 4 is 27.6 Å². The fraction of sp³-hybridized carbons (Fsp3) is 0.320. The normalized spacial score (nSPS) is 15.6. The highest BCUT2D eigenvalue weighted by Crippen LogP contribution is 2.38. The maximum Gasteiger partial charge on any atom is 0.418 e. The van der Waals surface area contributed by atoms with E-state index in [2.05, 4.69) is 14.7 Å². The number of aromatic nitrogens is 2. The molecule has 0 spiro atoms. The molecule has 8 nitrogen and oxygen atoms in total. The van der Waals surface area contributed by atoms with Crippen molar-refractivity contribution in [3.63, 3.8) is 0 Å². The second kappa shape index (κ2) is 10.8. The number of anilines is 2. The highest BCUT2D eigenvalue weighted by atomic mass is 32.2. The van der Waals surface area contributed by atoms with Crippen molar-refractivity contribution in [3.8, 4) is 11.3 Å². The summed E-state index contributed by atoms with van der Waals surface area (Å²) in [6, 6.07) is 12.9. The summed E-state index contributed by atoms with van der Waals surface area (Å²) in [5.74, 6) is -0.835. The molecular formula is C25H25F3N4O4S. The summed E-state index contributed by atoms with van der Waals surface area (Å²) in [7, 11) is -4.29. The summed E-state index contributed by atoms with van der Waals surface area (Å²) in [5, 5.41) is 8.68. The summed E-state index contributed by atoms with van der Waals surface area (Å²) in [5.41, 5.74) is -0.374. The van der Waals surface area contributed by atoms with Gasteiger partial charge in [0.25, 0.3) is 10.0 Å². The number of halogens is 3. The molecule has 4 bridgehead atoms. The lowest BCUT2D eigenvalue weighted by Crippen LogP contribution is -2.28. The van der Waals surface area contributed by atoms with Crippen molar-refractivity contribution in [1.82, 2.24) is 9.97 Å². The Morgan fingerprint density at radius 2 is 1.81 bits per heavy atom. The molecule has 0 amide bonds. The molecule has 0 radical (unpaired) electrons. The van der Waals surface area contributed by atoms with Gasteiger partial charge in [-0.25, -0.2) is 9.97 Å². The van der Waals surface area contributed by atoms with Gasteiger partial charge in [0.05, 0.1) is 11.3 Å². The lowest BCUT2D eigenvalue weighted by atomic mass is 9.96. The molecule has 1 aliphatic rings. The fourth-order valence-electron chi connectivity index (χ4n) is 4.22. The highest BCUT2D eigenvalue weighted by molar-refractivity contribution is 7.92. The SMILES string of the molecule is O=C(O)CCCN1CCCCc2ccccc2-c2nc(ccc2C(F)(F)F)NS(=O)(=O)c2cccc1n2. The van der Waals surface area contributed by atoms with E-state index < -0.39 is 27.7 Å². The number of nitrogens with one attached hydrogen (secondary N) is 1. The molecule has 4 rings (SSSR count). The standard InChI is InChI=1S/C25H25F3N4O4S/c26-25(27,28)19-13-14-20-29-24(19)18-9-2-1-7-17(18)8-3-4-15-32(16-6-12-23(33)34)21-10-5-11-22(30-21)37(35,36)31-20/h1-2,5,7,9-11,13-14H,3-4,6,8,12,15-16H2,(H,29,31)(H,33,34). The molecule has 0 aliphatic carbocycles. The summed E-state index contributed by atoms with van der Waals surface area (Å²) >= 11 is 0. The Bertz CT molecular complexity index is 1400. The quantitative estimate of drug-likeness (QED) is 0.486. The number of rotatable bonds is 4. The number of carbonyl (C=O) groups is 1. The molecule has 0 unspecified atom stereocenters. The number of carboxylic acid groups (broad SMARTS) is 1. The van der Waals surface area contributed by atoms with Crippen LogP contribution in [-0.2, 0) is 27.4 Å². The van der Waals surface area contributed by atoms with Gasteiger partial charge in [-0.1, -0.05) is 30.3 Å². The first-order valence-electron chi connectivity index (χ1n) is 11.7. The van der Waals surface area contributed by atoms with E-state index >= 15 is 0 Å². The molecule has 2 N–H and O–H groups in total. The number of carboxylic acids is 1. The first-order chi connectivity index (χ1) is 17.5. The first kappa shape index (κ1) is 26.4. The summed E-state index contributed by atoms with van der Waals surface area (Å²) < 4.78 is 70.1. The summed E-state index contributed by atoms with van der Waals surface area (Å²) in [4.78, 5) is 21.2. The maximum atomic E-state index is 13.9. The van der Waals surface area contributed by atoms with Gasteiger partial charge in [-0.3, -0.25) is 9.52 Å². The van der Waals surface area contributed by atoms with Gasteiger partial charge in [-0.15, -0.1) is 0 Å². The largest absolute Gasteiger partial charge is 0.481 e. The predicted molar refractivity (Wildman–Crippen MR) is 132 cm³/mol. The zero-order valence-corrected chi connectivity index (χ0v) is 20.5. The number of hydrogen-bond acceptors (Lipinski definition) is 6. The Balaban J connectivity index is 1.80. The Morgan fingerprint density at radius 1 is 1.03 bits per heavy atom. The van der Waals surface area contributed by atoms with E-state index in [1.807, 2.05) is 4.90 Å². The average Bonchev–Trinajstić information content (AvgIpc) is 2.84. The second-order valence-corrected chi connectivity index (χ2v) is 10.3. The molecule has 0 saturated heterocycles. The van der Waals surface area contributed by atoms with E-state index in [0.29, 0.717) is 50.2 Å². The number of pyridine rings is 2. The molecule has 196 valence electrons. The van der Waals surface area contributed by atoms with Crippen molar-refractivity contribution in [3.05, 3.63) is 65.7 Å². The van der Waals surface area contributed by atoms with Gasteiger partial charge in [0, 0.05) is 25.1 Å². The van der Waals surface area contributed by atoms with Crippen molar-refractivity contribution in [2.45, 2.75) is 43.3 Å². The van der Waals surface area contributed by atoms with Gasteiger partial charge in [-0.05, 0) is 55.5 Å². The van der Waals surface area contributed by atoms with Crippen LogP contribution in [0.2, 0.25) is 0 Å². The fourth-order valence-corrected chi connectivity index (χ4v) is 5.18. The monoisotopic (exact) mass is 534 g/mol. The minimum absolute atomic E-state index is 0.0494. The first-order valence-corrected chi connectivity index (χ1v) is 13.2. The van der Waals surface area contributed by atoms with Crippen LogP contribution in [-0.4, -0.2) is 42.6 Å². The maximum absolute atomic E-state index is 13.9. The van der Waals surface area contributed by atoms with Gasteiger partial charge in [0.1, 0.15) is 11.6 Å². The third-order valence-corrected chi connectivity index (χ3v) is 7.22. The van der Waals surface area contributed by atoms with Crippen LogP contribution in [0.15, 0.2) is 59.6 Å². The van der Waals surface area contributed by atoms with Gasteiger partial charge in [-0.2, -0.15) is 21.6 Å². The van der Waals surface area contributed by atoms with E-state index in [-0.39, 0.29) is 28.5 Å². The summed E-state index contributed by atoms with van der Waals surface area (Å²) in [6.45, 7) is 0.815. The van der Waals surface area contributed by atoms with Crippen LogP contribution in [0.1, 0.15) is 36.8 Å². The zero-order chi connectivity index (χ0) is 26.6. The van der Waals surface area contributed by atoms with Crippen LogP contribution in [0, 0.1) is 0 Å². The van der Waals surface area contributed by atoms with Gasteiger partial charge in [0.2, 0.25) is 0 Å². The molecule has 0 saturated carbocycles. The van der Waals surface area contributed by atoms with Crippen molar-refractivity contribution in [1.29, 1.82) is 0 Å². The van der Waals surface area contributed by atoms with Gasteiger partial charge in [0.15, 0.2) is 5.03 Å². The lowest BCUT2D eigenvalue weighted by molar-refractivity contribution is -0.138. The van der Waals surface area contributed by atoms with Crippen LogP contribution >= 0.6 is 0 Å². The van der Waals surface area contributed by atoms with Crippen molar-refractivity contribution < 1.29 is 31.5 Å². The van der Waals surface area contributed by atoms with Crippen molar-refractivity contribution in [2.24, 2.45) is 0 Å². The number of nitrogens with zero attached hydrogens (tertiary/aromatic N) is 3. The Kier molecular flexibility index (Phi) is 7.67. The molecular weight excluding hydrogens is 509 g/mol. The minimum Gasteiger partial charge on any atom is -0.481 e. The van der Waals surface area contributed by atoms with E-state index in [4.69, 9.17) is 5.11 Å². The number of sulfonamides is 1. The van der Waals surface area contributed by atoms with E-state index in [1.54, 1.807) is 30.3 Å². The molecule has 3 heterocycles. The Morgan fingerprint density at radius 3 is 2.57 bits per heavy atom. The molecule has 0 atom stereocenters. The molecule has 37 heavy (non-hydrogen) atoms. The molecule has 0 fully saturated rings. The lowest BCUT2D eigenvalue weighted by Gasteiger charge is -2.24. The average molecular weight is 535 g/mol. The highest BCUT2D eigenvalue weighted by Gasteiger charge is 2.35. The van der Waals surface area contributed by atoms with Crippen LogP contribution < -0.4 is 9.62 Å². The second-order valence-electron chi connectivity index (χ2n) is 8.63. The molecule has 3 aromatic rings. The zero-order valence-electron chi connectivity index (χ0n) is 19.7. The van der Waals surface area contributed by atoms with Crippen LogP contribution in [0.5, 0.6) is 0 Å². The van der Waals surface area contributed by atoms with E-state index in [1.165, 1.54) is 12.1 Å². The number of aryl methyl sites for hydroxylation is 1. The molecule has 2 aromatic heterocycles. The van der Waals surface area contributed by atoms with E-state index in [9.17, 15) is 26.4 Å². The Labute approximate surface area is 212 Å². The molecule has 1 aliphatic heterocycles. The smallest absolute Gasteiger partial charge is 0.418 e. The van der Waals surface area contributed by atoms with Crippen LogP contribution in [0.3, 0.4) is 0 Å². The molecule has 1 aromatic carbocycles. The number of hydrogen-bond donors (Lipinski definition) is 2. The minimum atomic E-state index is -4.69. The number of aliphatic carboxylic acids is 1. The summed E-state index contributed by atoms with van der Waals surface area (Å²) in [6.07, 6.45) is -2.68. The topological polar surface area (TPSA) is 112 Å². The number of alkyl halides is 3. The van der Waals surface area contributed by atoms with Gasteiger partial charge >= 0.3 is 12.1 Å². The van der Waals surface area contributed by atoms with Crippen LogP contribution in [0.4, 0.5) is 24.8 Å². The third kappa shape index (κ3) is 6.37. The number of fused-ring (bicyclic) bond motifs is 6. The van der Waals surface area contributed by atoms with Crippen molar-refractivity contribution in [2.75, 3.05) is 22.7 Å². The third-order valence-electron chi connectivity index (χ3n) is 5.96. The number of benzene rings is 1.